The van der Waals surface area contributed by atoms with Crippen molar-refractivity contribution in [2.45, 2.75) is 6.04 Å². The Morgan fingerprint density at radius 1 is 1.59 bits per heavy atom. The molecule has 0 fully saturated rings. The highest BCUT2D eigenvalue weighted by molar-refractivity contribution is 9.10. The quantitative estimate of drug-likeness (QED) is 0.935. The minimum absolute atomic E-state index is 0.235. The molecule has 2 aromatic heterocycles. The van der Waals surface area contributed by atoms with Crippen LogP contribution >= 0.6 is 27.3 Å². The highest BCUT2D eigenvalue weighted by Crippen LogP contribution is 2.32. The van der Waals surface area contributed by atoms with Gasteiger partial charge in [-0.2, -0.15) is 4.98 Å². The van der Waals surface area contributed by atoms with Gasteiger partial charge in [-0.1, -0.05) is 5.16 Å². The zero-order chi connectivity index (χ0) is 12.4. The van der Waals surface area contributed by atoms with Crippen molar-refractivity contribution in [1.29, 1.82) is 0 Å². The molecule has 0 aliphatic heterocycles. The van der Waals surface area contributed by atoms with Gasteiger partial charge in [0, 0.05) is 11.0 Å². The Morgan fingerprint density at radius 3 is 2.94 bits per heavy atom. The van der Waals surface area contributed by atoms with E-state index < -0.39 is 0 Å². The molecule has 0 aromatic carbocycles. The Bertz CT molecular complexity index is 496. The summed E-state index contributed by atoms with van der Waals surface area (Å²) in [5.74, 6) is 1.05. The summed E-state index contributed by atoms with van der Waals surface area (Å²) in [5.41, 5.74) is 5.97. The van der Waals surface area contributed by atoms with Gasteiger partial charge in [-0.3, -0.25) is 0 Å². The van der Waals surface area contributed by atoms with Gasteiger partial charge in [0.1, 0.15) is 4.88 Å². The van der Waals surface area contributed by atoms with Gasteiger partial charge >= 0.3 is 0 Å². The normalized spacial score (nSPS) is 13.2. The third-order valence-electron chi connectivity index (χ3n) is 2.15. The van der Waals surface area contributed by atoms with Gasteiger partial charge in [-0.15, -0.1) is 11.3 Å². The largest absolute Gasteiger partial charge is 0.333 e. The first-order valence-corrected chi connectivity index (χ1v) is 6.72. The van der Waals surface area contributed by atoms with E-state index in [2.05, 4.69) is 26.1 Å². The van der Waals surface area contributed by atoms with E-state index in [1.165, 1.54) is 0 Å². The number of hydrogen-bond donors (Lipinski definition) is 1. The summed E-state index contributed by atoms with van der Waals surface area (Å²) >= 11 is 4.98. The van der Waals surface area contributed by atoms with Crippen molar-refractivity contribution in [2.24, 2.45) is 5.73 Å². The number of nitrogens with zero attached hydrogens (tertiary/aromatic N) is 3. The summed E-state index contributed by atoms with van der Waals surface area (Å²) in [6, 6.07) is 1.71. The third-order valence-corrected chi connectivity index (χ3v) is 3.97. The molecule has 0 aliphatic rings. The first kappa shape index (κ1) is 12.7. The van der Waals surface area contributed by atoms with Crippen LogP contribution in [0.3, 0.4) is 0 Å². The fourth-order valence-corrected chi connectivity index (χ4v) is 2.86. The zero-order valence-corrected chi connectivity index (χ0v) is 12.0. The molecule has 0 aliphatic carbocycles. The van der Waals surface area contributed by atoms with E-state index in [-0.39, 0.29) is 6.04 Å². The molecule has 0 radical (unpaired) electrons. The summed E-state index contributed by atoms with van der Waals surface area (Å²) in [7, 11) is 3.91. The van der Waals surface area contributed by atoms with Gasteiger partial charge in [-0.25, -0.2) is 0 Å². The minimum Gasteiger partial charge on any atom is -0.333 e. The van der Waals surface area contributed by atoms with Crippen molar-refractivity contribution in [3.05, 3.63) is 21.7 Å². The van der Waals surface area contributed by atoms with Crippen LogP contribution in [0.4, 0.5) is 0 Å². The molecule has 17 heavy (non-hydrogen) atoms. The summed E-state index contributed by atoms with van der Waals surface area (Å²) in [5, 5.41) is 5.88. The molecule has 0 spiro atoms. The predicted molar refractivity (Wildman–Crippen MR) is 70.8 cm³/mol. The first-order valence-electron chi connectivity index (χ1n) is 5.05. The Kier molecular flexibility index (Phi) is 3.93. The second-order valence-electron chi connectivity index (χ2n) is 3.92. The lowest BCUT2D eigenvalue weighted by molar-refractivity contribution is 0.357. The van der Waals surface area contributed by atoms with Gasteiger partial charge in [-0.05, 0) is 41.5 Å². The van der Waals surface area contributed by atoms with Crippen LogP contribution in [0.1, 0.15) is 11.9 Å². The van der Waals surface area contributed by atoms with E-state index in [9.17, 15) is 0 Å². The molecule has 1 unspecified atom stereocenters. The van der Waals surface area contributed by atoms with Gasteiger partial charge < -0.3 is 15.2 Å². The van der Waals surface area contributed by atoms with Crippen molar-refractivity contribution in [1.82, 2.24) is 15.0 Å². The molecule has 0 saturated heterocycles. The molecule has 2 aromatic rings. The van der Waals surface area contributed by atoms with Crippen molar-refractivity contribution in [2.75, 3.05) is 20.6 Å². The Hall–Kier alpha value is -0.760. The topological polar surface area (TPSA) is 68.2 Å². The second-order valence-corrected chi connectivity index (χ2v) is 5.69. The number of hydrogen-bond acceptors (Lipinski definition) is 6. The van der Waals surface area contributed by atoms with Crippen LogP contribution < -0.4 is 5.73 Å². The van der Waals surface area contributed by atoms with Gasteiger partial charge in [0.25, 0.3) is 5.89 Å². The first-order chi connectivity index (χ1) is 8.08. The lowest BCUT2D eigenvalue weighted by Gasteiger charge is -2.12. The zero-order valence-electron chi connectivity index (χ0n) is 9.55. The molecule has 1 atom stereocenters. The maximum Gasteiger partial charge on any atom is 0.269 e. The Balaban J connectivity index is 2.19. The Morgan fingerprint density at radius 2 is 2.35 bits per heavy atom. The highest BCUT2D eigenvalue weighted by Gasteiger charge is 2.17. The van der Waals surface area contributed by atoms with Crippen LogP contribution in [0, 0.1) is 0 Å². The van der Waals surface area contributed by atoms with Crippen LogP contribution in [0.25, 0.3) is 10.8 Å². The van der Waals surface area contributed by atoms with Crippen molar-refractivity contribution in [3.63, 3.8) is 0 Å². The average Bonchev–Trinajstić information content (AvgIpc) is 2.84. The molecular weight excluding hydrogens is 304 g/mol. The molecule has 0 bridgehead atoms. The molecule has 5 nitrogen and oxygen atoms in total. The fraction of sp³-hybridized carbons (Fsp3) is 0.400. The van der Waals surface area contributed by atoms with Crippen LogP contribution in [0.5, 0.6) is 0 Å². The lowest BCUT2D eigenvalue weighted by Crippen LogP contribution is -2.26. The molecule has 2 N–H and O–H groups in total. The number of halogens is 1. The lowest BCUT2D eigenvalue weighted by atomic mass is 10.3. The fourth-order valence-electron chi connectivity index (χ4n) is 1.40. The smallest absolute Gasteiger partial charge is 0.269 e. The molecular formula is C10H13BrN4OS. The number of aromatic nitrogens is 2. The summed E-state index contributed by atoms with van der Waals surface area (Å²) < 4.78 is 6.17. The summed E-state index contributed by atoms with van der Waals surface area (Å²) in [4.78, 5) is 7.24. The molecule has 92 valence electrons. The Labute approximate surface area is 112 Å². The highest BCUT2D eigenvalue weighted by atomic mass is 79.9. The molecule has 7 heteroatoms. The van der Waals surface area contributed by atoms with Crippen molar-refractivity contribution in [3.8, 4) is 10.8 Å². The van der Waals surface area contributed by atoms with Crippen molar-refractivity contribution < 1.29 is 4.52 Å². The van der Waals surface area contributed by atoms with Crippen LogP contribution in [-0.4, -0.2) is 35.7 Å². The molecule has 0 saturated carbocycles. The second kappa shape index (κ2) is 5.26. The molecule has 2 rings (SSSR count). The van der Waals surface area contributed by atoms with E-state index >= 15 is 0 Å². The van der Waals surface area contributed by atoms with E-state index in [0.29, 0.717) is 18.3 Å². The maximum atomic E-state index is 5.97. The van der Waals surface area contributed by atoms with E-state index in [0.717, 1.165) is 9.35 Å². The number of thiophene rings is 1. The summed E-state index contributed by atoms with van der Waals surface area (Å²) in [6.45, 7) is 0.685. The number of rotatable bonds is 4. The van der Waals surface area contributed by atoms with E-state index in [4.69, 9.17) is 10.3 Å². The van der Waals surface area contributed by atoms with Gasteiger partial charge in [0.2, 0.25) is 0 Å². The third kappa shape index (κ3) is 2.92. The monoisotopic (exact) mass is 316 g/mol. The average molecular weight is 317 g/mol. The van der Waals surface area contributed by atoms with Crippen LogP contribution in [-0.2, 0) is 0 Å². The van der Waals surface area contributed by atoms with Gasteiger partial charge in [0.05, 0.1) is 6.04 Å². The van der Waals surface area contributed by atoms with Crippen molar-refractivity contribution >= 4 is 27.3 Å². The SMILES string of the molecule is CN(C)CC(N)c1noc(-c2sccc2Br)n1. The standard InChI is InChI=1S/C10H13BrN4OS/c1-15(2)5-7(12)9-13-10(16-14-9)8-6(11)3-4-17-8/h3-4,7H,5,12H2,1-2H3. The number of likely N-dealkylation sites (N-methyl/N-ethyl adjacent to an activating group) is 1. The molecule has 0 amide bonds. The minimum atomic E-state index is -0.235. The maximum absolute atomic E-state index is 5.97. The van der Waals surface area contributed by atoms with E-state index in [1.54, 1.807) is 11.3 Å². The van der Waals surface area contributed by atoms with Crippen LogP contribution in [0.15, 0.2) is 20.4 Å². The van der Waals surface area contributed by atoms with Crippen LogP contribution in [0.2, 0.25) is 0 Å². The predicted octanol–water partition coefficient (Wildman–Crippen LogP) is 2.12. The van der Waals surface area contributed by atoms with E-state index in [1.807, 2.05) is 30.4 Å². The number of nitrogens with two attached hydrogens (primary N) is 1. The molecule has 2 heterocycles. The van der Waals surface area contributed by atoms with Gasteiger partial charge in [0.15, 0.2) is 5.82 Å². The summed E-state index contributed by atoms with van der Waals surface area (Å²) in [6.07, 6.45) is 0.